The Hall–Kier alpha value is -2.15. The maximum Gasteiger partial charge on any atom is 0.276 e. The normalized spacial score (nSPS) is 11.9. The van der Waals surface area contributed by atoms with Crippen molar-refractivity contribution in [3.63, 3.8) is 0 Å². The van der Waals surface area contributed by atoms with E-state index in [2.05, 4.69) is 15.0 Å². The lowest BCUT2D eigenvalue weighted by Crippen LogP contribution is -2.18. The molecule has 0 bridgehead atoms. The van der Waals surface area contributed by atoms with Crippen LogP contribution in [-0.2, 0) is 17.1 Å². The van der Waals surface area contributed by atoms with Gasteiger partial charge in [-0.3, -0.25) is 4.68 Å². The summed E-state index contributed by atoms with van der Waals surface area (Å²) in [6, 6.07) is 8.10. The molecule has 1 aromatic carbocycles. The van der Waals surface area contributed by atoms with Crippen molar-refractivity contribution in [2.24, 2.45) is 12.1 Å². The predicted molar refractivity (Wildman–Crippen MR) is 77.0 cm³/mol. The number of hydrogen-bond acceptors (Lipinski definition) is 4. The zero-order valence-electron chi connectivity index (χ0n) is 11.5. The molecule has 0 aliphatic heterocycles. The molecule has 106 valence electrons. The second kappa shape index (κ2) is 5.46. The number of nitrogens with one attached hydrogen (secondary N) is 1. The third-order valence-corrected chi connectivity index (χ3v) is 4.22. The SMILES string of the molecule is Cc1nn(C)c(C)c1/C=N/NS(=O)(=O)c1ccccc1. The fourth-order valence-electron chi connectivity index (χ4n) is 1.79. The number of rotatable bonds is 4. The highest BCUT2D eigenvalue weighted by Gasteiger charge is 2.12. The van der Waals surface area contributed by atoms with E-state index in [0.29, 0.717) is 0 Å². The summed E-state index contributed by atoms with van der Waals surface area (Å²) in [6.45, 7) is 3.74. The molecular formula is C13H16N4O2S. The van der Waals surface area contributed by atoms with Gasteiger partial charge in [0.2, 0.25) is 0 Å². The van der Waals surface area contributed by atoms with E-state index in [0.717, 1.165) is 17.0 Å². The highest BCUT2D eigenvalue weighted by atomic mass is 32.2. The van der Waals surface area contributed by atoms with Crippen molar-refractivity contribution in [3.05, 3.63) is 47.3 Å². The van der Waals surface area contributed by atoms with E-state index in [-0.39, 0.29) is 4.90 Å². The average Bonchev–Trinajstić information content (AvgIpc) is 2.66. The van der Waals surface area contributed by atoms with Crippen molar-refractivity contribution in [1.29, 1.82) is 0 Å². The second-order valence-electron chi connectivity index (χ2n) is 4.37. The maximum absolute atomic E-state index is 12.0. The van der Waals surface area contributed by atoms with E-state index >= 15 is 0 Å². The van der Waals surface area contributed by atoms with Crippen LogP contribution in [0.5, 0.6) is 0 Å². The Labute approximate surface area is 118 Å². The molecule has 0 aliphatic carbocycles. The van der Waals surface area contributed by atoms with E-state index in [9.17, 15) is 8.42 Å². The van der Waals surface area contributed by atoms with Gasteiger partial charge in [0, 0.05) is 18.3 Å². The molecule has 1 aromatic heterocycles. The molecule has 1 N–H and O–H groups in total. The van der Waals surface area contributed by atoms with Crippen molar-refractivity contribution in [1.82, 2.24) is 14.6 Å². The first kappa shape index (κ1) is 14.3. The van der Waals surface area contributed by atoms with Crippen LogP contribution in [0.3, 0.4) is 0 Å². The minimum absolute atomic E-state index is 0.178. The summed E-state index contributed by atoms with van der Waals surface area (Å²) in [5.74, 6) is 0. The van der Waals surface area contributed by atoms with Crippen LogP contribution in [0.15, 0.2) is 40.3 Å². The van der Waals surface area contributed by atoms with Crippen LogP contribution in [0.1, 0.15) is 17.0 Å². The van der Waals surface area contributed by atoms with Crippen LogP contribution in [0.4, 0.5) is 0 Å². The Morgan fingerprint density at radius 2 is 1.90 bits per heavy atom. The average molecular weight is 292 g/mol. The number of aryl methyl sites for hydroxylation is 2. The van der Waals surface area contributed by atoms with Crippen LogP contribution in [0.2, 0.25) is 0 Å². The first-order valence-electron chi connectivity index (χ1n) is 6.02. The number of benzene rings is 1. The maximum atomic E-state index is 12.0. The van der Waals surface area contributed by atoms with Crippen LogP contribution in [0, 0.1) is 13.8 Å². The van der Waals surface area contributed by atoms with Crippen molar-refractivity contribution < 1.29 is 8.42 Å². The topological polar surface area (TPSA) is 76.3 Å². The Balaban J connectivity index is 2.18. The molecule has 2 aromatic rings. The third-order valence-electron chi connectivity index (χ3n) is 2.99. The molecule has 0 saturated carbocycles. The molecule has 6 nitrogen and oxygen atoms in total. The Kier molecular flexibility index (Phi) is 3.89. The van der Waals surface area contributed by atoms with Gasteiger partial charge in [-0.05, 0) is 26.0 Å². The van der Waals surface area contributed by atoms with E-state index in [1.807, 2.05) is 20.9 Å². The van der Waals surface area contributed by atoms with Gasteiger partial charge >= 0.3 is 0 Å². The summed E-state index contributed by atoms with van der Waals surface area (Å²) in [5, 5.41) is 8.04. The van der Waals surface area contributed by atoms with E-state index in [1.165, 1.54) is 18.3 Å². The van der Waals surface area contributed by atoms with Crippen LogP contribution in [-0.4, -0.2) is 24.4 Å². The highest BCUT2D eigenvalue weighted by Crippen LogP contribution is 2.09. The molecular weight excluding hydrogens is 276 g/mol. The van der Waals surface area contributed by atoms with Crippen LogP contribution in [0.25, 0.3) is 0 Å². The number of hydrogen-bond donors (Lipinski definition) is 1. The van der Waals surface area contributed by atoms with E-state index in [1.54, 1.807) is 22.9 Å². The standard InChI is InChI=1S/C13H16N4O2S/c1-10-13(11(2)17(3)15-10)9-14-16-20(18,19)12-7-5-4-6-8-12/h4-9,16H,1-3H3/b14-9+. The summed E-state index contributed by atoms with van der Waals surface area (Å²) >= 11 is 0. The Morgan fingerprint density at radius 3 is 2.45 bits per heavy atom. The number of aromatic nitrogens is 2. The first-order chi connectivity index (χ1) is 9.42. The molecule has 0 amide bonds. The van der Waals surface area contributed by atoms with E-state index in [4.69, 9.17) is 0 Å². The minimum atomic E-state index is -3.62. The number of sulfonamides is 1. The highest BCUT2D eigenvalue weighted by molar-refractivity contribution is 7.89. The molecule has 0 fully saturated rings. The molecule has 7 heteroatoms. The smallest absolute Gasteiger partial charge is 0.272 e. The fraction of sp³-hybridized carbons (Fsp3) is 0.231. The van der Waals surface area contributed by atoms with E-state index < -0.39 is 10.0 Å². The summed E-state index contributed by atoms with van der Waals surface area (Å²) in [5.41, 5.74) is 2.53. The fourth-order valence-corrected chi connectivity index (χ4v) is 2.60. The monoisotopic (exact) mass is 292 g/mol. The van der Waals surface area contributed by atoms with Gasteiger partial charge in [-0.25, -0.2) is 4.83 Å². The molecule has 20 heavy (non-hydrogen) atoms. The molecule has 2 rings (SSSR count). The van der Waals surface area contributed by atoms with Crippen molar-refractivity contribution in [2.45, 2.75) is 18.7 Å². The third kappa shape index (κ3) is 2.88. The van der Waals surface area contributed by atoms with Crippen LogP contribution < -0.4 is 4.83 Å². The summed E-state index contributed by atoms with van der Waals surface area (Å²) in [4.78, 5) is 2.37. The van der Waals surface area contributed by atoms with Crippen LogP contribution >= 0.6 is 0 Å². The van der Waals surface area contributed by atoms with Gasteiger partial charge in [0.25, 0.3) is 10.0 Å². The minimum Gasteiger partial charge on any atom is -0.272 e. The summed E-state index contributed by atoms with van der Waals surface area (Å²) in [6.07, 6.45) is 1.47. The first-order valence-corrected chi connectivity index (χ1v) is 7.50. The van der Waals surface area contributed by atoms with Gasteiger partial charge in [0.05, 0.1) is 16.8 Å². The van der Waals surface area contributed by atoms with Gasteiger partial charge < -0.3 is 0 Å². The Bertz CT molecular complexity index is 733. The van der Waals surface area contributed by atoms with Crippen molar-refractivity contribution >= 4 is 16.2 Å². The van der Waals surface area contributed by atoms with Gasteiger partial charge in [0.15, 0.2) is 0 Å². The van der Waals surface area contributed by atoms with Crippen molar-refractivity contribution in [3.8, 4) is 0 Å². The zero-order valence-corrected chi connectivity index (χ0v) is 12.3. The number of nitrogens with zero attached hydrogens (tertiary/aromatic N) is 3. The predicted octanol–water partition coefficient (Wildman–Crippen LogP) is 1.35. The van der Waals surface area contributed by atoms with Gasteiger partial charge in [-0.15, -0.1) is 0 Å². The molecule has 1 heterocycles. The lowest BCUT2D eigenvalue weighted by Gasteiger charge is -2.02. The van der Waals surface area contributed by atoms with Gasteiger partial charge in [-0.2, -0.15) is 18.6 Å². The molecule has 0 spiro atoms. The molecule has 0 saturated heterocycles. The Morgan fingerprint density at radius 1 is 1.25 bits per heavy atom. The zero-order chi connectivity index (χ0) is 14.8. The molecule has 0 unspecified atom stereocenters. The number of hydrazone groups is 1. The lowest BCUT2D eigenvalue weighted by atomic mass is 10.2. The molecule has 0 aliphatic rings. The van der Waals surface area contributed by atoms with Gasteiger partial charge in [-0.1, -0.05) is 18.2 Å². The quantitative estimate of drug-likeness (QED) is 0.682. The van der Waals surface area contributed by atoms with Crippen molar-refractivity contribution in [2.75, 3.05) is 0 Å². The van der Waals surface area contributed by atoms with Gasteiger partial charge in [0.1, 0.15) is 0 Å². The molecule has 0 atom stereocenters. The second-order valence-corrected chi connectivity index (χ2v) is 6.03. The molecule has 0 radical (unpaired) electrons. The lowest BCUT2D eigenvalue weighted by molar-refractivity contribution is 0.584. The largest absolute Gasteiger partial charge is 0.276 e. The summed E-state index contributed by atoms with van der Waals surface area (Å²) < 4.78 is 25.6. The summed E-state index contributed by atoms with van der Waals surface area (Å²) in [7, 11) is -1.80.